The first-order chi connectivity index (χ1) is 8.73. The van der Waals surface area contributed by atoms with Gasteiger partial charge in [-0.3, -0.25) is 4.79 Å². The Morgan fingerprint density at radius 2 is 1.89 bits per heavy atom. The van der Waals surface area contributed by atoms with E-state index in [0.29, 0.717) is 6.54 Å². The summed E-state index contributed by atoms with van der Waals surface area (Å²) in [6, 6.07) is 8.09. The van der Waals surface area contributed by atoms with Crippen molar-refractivity contribution in [3.8, 4) is 0 Å². The molecule has 0 amide bonds. The van der Waals surface area contributed by atoms with Gasteiger partial charge in [0.25, 0.3) is 0 Å². The van der Waals surface area contributed by atoms with Crippen molar-refractivity contribution < 1.29 is 9.90 Å². The zero-order valence-electron chi connectivity index (χ0n) is 12.5. The van der Waals surface area contributed by atoms with Crippen molar-refractivity contribution in [1.82, 2.24) is 5.32 Å². The van der Waals surface area contributed by atoms with Gasteiger partial charge in [0.15, 0.2) is 0 Å². The minimum absolute atomic E-state index is 0.0721. The average Bonchev–Trinajstić information content (AvgIpc) is 2.25. The molecule has 0 aliphatic carbocycles. The zero-order chi connectivity index (χ0) is 14.6. The highest BCUT2D eigenvalue weighted by atomic mass is 16.4. The predicted molar refractivity (Wildman–Crippen MR) is 78.1 cm³/mol. The molecule has 1 aromatic rings. The number of carboxylic acids is 1. The van der Waals surface area contributed by atoms with Crippen molar-refractivity contribution in [2.45, 2.75) is 47.2 Å². The smallest absolute Gasteiger partial charge is 0.308 e. The maximum atomic E-state index is 11.4. The molecule has 0 saturated heterocycles. The highest BCUT2D eigenvalue weighted by molar-refractivity contribution is 5.71. The third kappa shape index (κ3) is 4.35. The van der Waals surface area contributed by atoms with E-state index in [1.54, 1.807) is 0 Å². The van der Waals surface area contributed by atoms with Gasteiger partial charge in [0, 0.05) is 12.6 Å². The second-order valence-corrected chi connectivity index (χ2v) is 6.28. The van der Waals surface area contributed by atoms with E-state index < -0.39 is 11.9 Å². The van der Waals surface area contributed by atoms with E-state index in [-0.39, 0.29) is 11.5 Å². The molecule has 3 nitrogen and oxygen atoms in total. The van der Waals surface area contributed by atoms with E-state index >= 15 is 0 Å². The Kier molecular flexibility index (Phi) is 5.12. The Bertz CT molecular complexity index is 435. The fourth-order valence-corrected chi connectivity index (χ4v) is 2.53. The van der Waals surface area contributed by atoms with Crippen LogP contribution in [-0.4, -0.2) is 17.1 Å². The molecule has 0 saturated carbocycles. The largest absolute Gasteiger partial charge is 0.481 e. The van der Waals surface area contributed by atoms with Crippen LogP contribution in [-0.2, 0) is 11.3 Å². The fraction of sp³-hybridized carbons (Fsp3) is 0.562. The number of aryl methyl sites for hydroxylation is 1. The maximum absolute atomic E-state index is 11.4. The van der Waals surface area contributed by atoms with Crippen LogP contribution in [0.2, 0.25) is 0 Å². The molecule has 0 aliphatic rings. The predicted octanol–water partition coefficient (Wildman–Crippen LogP) is 3.22. The van der Waals surface area contributed by atoms with E-state index in [1.165, 1.54) is 11.1 Å². The first-order valence-corrected chi connectivity index (χ1v) is 6.74. The lowest BCUT2D eigenvalue weighted by Crippen LogP contribution is -2.44. The van der Waals surface area contributed by atoms with Crippen LogP contribution in [0.4, 0.5) is 0 Å². The molecule has 0 spiro atoms. The molecule has 3 heteroatoms. The number of hydrogen-bond acceptors (Lipinski definition) is 2. The Labute approximate surface area is 116 Å². The van der Waals surface area contributed by atoms with Crippen LogP contribution in [0.15, 0.2) is 24.3 Å². The quantitative estimate of drug-likeness (QED) is 0.857. The topological polar surface area (TPSA) is 49.3 Å². The van der Waals surface area contributed by atoms with E-state index in [2.05, 4.69) is 24.4 Å². The maximum Gasteiger partial charge on any atom is 0.308 e. The first-order valence-electron chi connectivity index (χ1n) is 6.74. The van der Waals surface area contributed by atoms with Gasteiger partial charge >= 0.3 is 5.97 Å². The monoisotopic (exact) mass is 263 g/mol. The van der Waals surface area contributed by atoms with E-state index in [1.807, 2.05) is 39.8 Å². The molecule has 1 aromatic carbocycles. The molecule has 2 unspecified atom stereocenters. The summed E-state index contributed by atoms with van der Waals surface area (Å²) >= 11 is 0. The molecular weight excluding hydrogens is 238 g/mol. The molecule has 0 aliphatic heterocycles. The van der Waals surface area contributed by atoms with Gasteiger partial charge < -0.3 is 10.4 Å². The molecule has 0 heterocycles. The Hall–Kier alpha value is -1.35. The van der Waals surface area contributed by atoms with Crippen molar-refractivity contribution in [3.63, 3.8) is 0 Å². The number of carboxylic acid groups (broad SMARTS) is 1. The summed E-state index contributed by atoms with van der Waals surface area (Å²) in [4.78, 5) is 11.4. The Morgan fingerprint density at radius 1 is 1.32 bits per heavy atom. The van der Waals surface area contributed by atoms with Gasteiger partial charge in [0.05, 0.1) is 5.92 Å². The van der Waals surface area contributed by atoms with Crippen molar-refractivity contribution in [3.05, 3.63) is 35.4 Å². The zero-order valence-corrected chi connectivity index (χ0v) is 12.5. The second-order valence-electron chi connectivity index (χ2n) is 6.28. The molecule has 19 heavy (non-hydrogen) atoms. The van der Waals surface area contributed by atoms with Crippen molar-refractivity contribution in [2.75, 3.05) is 0 Å². The summed E-state index contributed by atoms with van der Waals surface area (Å²) < 4.78 is 0. The third-order valence-electron chi connectivity index (χ3n) is 3.57. The minimum atomic E-state index is -0.739. The lowest BCUT2D eigenvalue weighted by atomic mass is 9.76. The average molecular weight is 263 g/mol. The van der Waals surface area contributed by atoms with Crippen LogP contribution >= 0.6 is 0 Å². The van der Waals surface area contributed by atoms with Crippen LogP contribution in [0.3, 0.4) is 0 Å². The summed E-state index contributed by atoms with van der Waals surface area (Å²) in [6.07, 6.45) is 0. The normalized spacial score (nSPS) is 15.0. The van der Waals surface area contributed by atoms with Gasteiger partial charge in [0.2, 0.25) is 0 Å². The van der Waals surface area contributed by atoms with Crippen LogP contribution < -0.4 is 5.32 Å². The third-order valence-corrected chi connectivity index (χ3v) is 3.57. The SMILES string of the molecule is Cc1ccccc1CNC(C)C(C(=O)O)C(C)(C)C. The molecule has 0 fully saturated rings. The number of nitrogens with one attached hydrogen (secondary N) is 1. The molecule has 0 aromatic heterocycles. The van der Waals surface area contributed by atoms with Crippen LogP contribution in [0.1, 0.15) is 38.8 Å². The van der Waals surface area contributed by atoms with E-state index in [9.17, 15) is 9.90 Å². The second kappa shape index (κ2) is 6.20. The van der Waals surface area contributed by atoms with Gasteiger partial charge in [-0.15, -0.1) is 0 Å². The number of carbonyl (C=O) groups is 1. The van der Waals surface area contributed by atoms with Crippen molar-refractivity contribution >= 4 is 5.97 Å². The number of rotatable bonds is 5. The molecule has 0 bridgehead atoms. The lowest BCUT2D eigenvalue weighted by molar-refractivity contribution is -0.146. The van der Waals surface area contributed by atoms with Crippen molar-refractivity contribution in [1.29, 1.82) is 0 Å². The summed E-state index contributed by atoms with van der Waals surface area (Å²) in [6.45, 7) is 10.6. The molecule has 2 N–H and O–H groups in total. The van der Waals surface area contributed by atoms with Crippen LogP contribution in [0.5, 0.6) is 0 Å². The van der Waals surface area contributed by atoms with E-state index in [0.717, 1.165) is 0 Å². The number of aliphatic carboxylic acids is 1. The summed E-state index contributed by atoms with van der Waals surface area (Å²) in [5.74, 6) is -1.14. The molecule has 0 radical (unpaired) electrons. The fourth-order valence-electron chi connectivity index (χ4n) is 2.53. The summed E-state index contributed by atoms with van der Waals surface area (Å²) in [5, 5.41) is 12.7. The number of hydrogen-bond donors (Lipinski definition) is 2. The summed E-state index contributed by atoms with van der Waals surface area (Å²) in [5.41, 5.74) is 2.18. The van der Waals surface area contributed by atoms with Gasteiger partial charge in [-0.05, 0) is 30.4 Å². The van der Waals surface area contributed by atoms with Gasteiger partial charge in [-0.25, -0.2) is 0 Å². The Balaban J connectivity index is 2.71. The summed E-state index contributed by atoms with van der Waals surface area (Å²) in [7, 11) is 0. The van der Waals surface area contributed by atoms with Crippen LogP contribution in [0.25, 0.3) is 0 Å². The minimum Gasteiger partial charge on any atom is -0.481 e. The van der Waals surface area contributed by atoms with Gasteiger partial charge in [0.1, 0.15) is 0 Å². The highest BCUT2D eigenvalue weighted by Gasteiger charge is 2.35. The van der Waals surface area contributed by atoms with Gasteiger partial charge in [-0.2, -0.15) is 0 Å². The molecular formula is C16H25NO2. The number of benzene rings is 1. The van der Waals surface area contributed by atoms with Gasteiger partial charge in [-0.1, -0.05) is 45.0 Å². The van der Waals surface area contributed by atoms with E-state index in [4.69, 9.17) is 0 Å². The highest BCUT2D eigenvalue weighted by Crippen LogP contribution is 2.29. The molecule has 1 rings (SSSR count). The lowest BCUT2D eigenvalue weighted by Gasteiger charge is -2.32. The van der Waals surface area contributed by atoms with Crippen molar-refractivity contribution in [2.24, 2.45) is 11.3 Å². The van der Waals surface area contributed by atoms with Crippen LogP contribution in [0, 0.1) is 18.3 Å². The standard InChI is InChI=1S/C16H25NO2/c1-11-8-6-7-9-13(11)10-17-12(2)14(15(18)19)16(3,4)5/h6-9,12,14,17H,10H2,1-5H3,(H,18,19). The molecule has 106 valence electrons. The Morgan fingerprint density at radius 3 is 2.37 bits per heavy atom. The molecule has 2 atom stereocenters. The first kappa shape index (κ1) is 15.7.